The molecule has 0 radical (unpaired) electrons. The number of hydrogen-bond acceptors (Lipinski definition) is 2. The van der Waals surface area contributed by atoms with Crippen LogP contribution < -0.4 is 11.1 Å². The third kappa shape index (κ3) is 3.83. The quantitative estimate of drug-likeness (QED) is 0.867. The molecule has 3 N–H and O–H groups in total. The fourth-order valence-corrected chi connectivity index (χ4v) is 1.97. The molecular weight excluding hydrogens is 310 g/mol. The lowest BCUT2D eigenvalue weighted by Crippen LogP contribution is -2.42. The summed E-state index contributed by atoms with van der Waals surface area (Å²) in [5.41, 5.74) is 5.07. The molecule has 0 aliphatic heterocycles. The number of primary amides is 1. The van der Waals surface area contributed by atoms with E-state index in [1.165, 1.54) is 0 Å². The molecule has 1 aromatic rings. The molecule has 1 rings (SSSR count). The summed E-state index contributed by atoms with van der Waals surface area (Å²) in [6.07, 6.45) is 1.86. The number of nitrogens with one attached hydrogen (secondary N) is 1. The zero-order chi connectivity index (χ0) is 14.8. The summed E-state index contributed by atoms with van der Waals surface area (Å²) < 4.78 is 2.72. The second-order valence-corrected chi connectivity index (χ2v) is 6.39. The first kappa shape index (κ1) is 15.8. The maximum atomic E-state index is 12.1. The minimum atomic E-state index is -0.762. The molecule has 0 fully saturated rings. The van der Waals surface area contributed by atoms with Crippen molar-refractivity contribution >= 4 is 27.7 Å². The Hall–Kier alpha value is -1.30. The summed E-state index contributed by atoms with van der Waals surface area (Å²) in [7, 11) is 0. The minimum absolute atomic E-state index is 0.177. The van der Waals surface area contributed by atoms with Gasteiger partial charge in [-0.3, -0.25) is 9.59 Å². The fourth-order valence-electron chi connectivity index (χ4n) is 1.53. The van der Waals surface area contributed by atoms with Crippen LogP contribution in [-0.4, -0.2) is 22.9 Å². The van der Waals surface area contributed by atoms with Gasteiger partial charge in [-0.25, -0.2) is 0 Å². The van der Waals surface area contributed by atoms with Gasteiger partial charge in [0.2, 0.25) is 5.91 Å². The van der Waals surface area contributed by atoms with Crippen LogP contribution in [0.15, 0.2) is 16.7 Å². The molecule has 0 unspecified atom stereocenters. The zero-order valence-electron chi connectivity index (χ0n) is 11.7. The minimum Gasteiger partial charge on any atom is -0.369 e. The molecule has 106 valence electrons. The number of hydrogen-bond donors (Lipinski definition) is 2. The van der Waals surface area contributed by atoms with E-state index in [4.69, 9.17) is 5.73 Å². The van der Waals surface area contributed by atoms with Crippen LogP contribution in [0.3, 0.4) is 0 Å². The van der Waals surface area contributed by atoms with Crippen molar-refractivity contribution in [1.82, 2.24) is 9.88 Å². The largest absolute Gasteiger partial charge is 0.369 e. The van der Waals surface area contributed by atoms with Crippen LogP contribution >= 0.6 is 15.9 Å². The Labute approximate surface area is 121 Å². The SMILES string of the molecule is CC(C)n1cc(Br)cc1C(=O)NCC(C)(C)C(N)=O. The Kier molecular flexibility index (Phi) is 4.79. The Morgan fingerprint density at radius 1 is 1.47 bits per heavy atom. The second-order valence-electron chi connectivity index (χ2n) is 5.48. The molecule has 19 heavy (non-hydrogen) atoms. The van der Waals surface area contributed by atoms with E-state index in [1.54, 1.807) is 19.9 Å². The van der Waals surface area contributed by atoms with E-state index in [1.807, 2.05) is 24.6 Å². The van der Waals surface area contributed by atoms with Crippen molar-refractivity contribution in [2.24, 2.45) is 11.1 Å². The van der Waals surface area contributed by atoms with Crippen molar-refractivity contribution in [1.29, 1.82) is 0 Å². The monoisotopic (exact) mass is 329 g/mol. The molecule has 5 nitrogen and oxygen atoms in total. The highest BCUT2D eigenvalue weighted by molar-refractivity contribution is 9.10. The number of carbonyl (C=O) groups excluding carboxylic acids is 2. The summed E-state index contributed by atoms with van der Waals surface area (Å²) in [5, 5.41) is 2.75. The van der Waals surface area contributed by atoms with Crippen LogP contribution in [0.25, 0.3) is 0 Å². The first-order chi connectivity index (χ1) is 8.65. The van der Waals surface area contributed by atoms with E-state index in [9.17, 15) is 9.59 Å². The highest BCUT2D eigenvalue weighted by Crippen LogP contribution is 2.20. The molecule has 0 saturated carbocycles. The van der Waals surface area contributed by atoms with Gasteiger partial charge in [0.05, 0.1) is 5.41 Å². The summed E-state index contributed by atoms with van der Waals surface area (Å²) in [5.74, 6) is -0.651. The average Bonchev–Trinajstić information content (AvgIpc) is 2.68. The molecule has 6 heteroatoms. The van der Waals surface area contributed by atoms with Crippen molar-refractivity contribution in [3.8, 4) is 0 Å². The maximum absolute atomic E-state index is 12.1. The lowest BCUT2D eigenvalue weighted by Gasteiger charge is -2.21. The first-order valence-corrected chi connectivity index (χ1v) is 6.90. The highest BCUT2D eigenvalue weighted by Gasteiger charge is 2.26. The molecular formula is C13H20BrN3O2. The van der Waals surface area contributed by atoms with Crippen LogP contribution in [0.2, 0.25) is 0 Å². The number of aromatic nitrogens is 1. The van der Waals surface area contributed by atoms with Crippen LogP contribution in [0.1, 0.15) is 44.2 Å². The third-order valence-corrected chi connectivity index (χ3v) is 3.40. The van der Waals surface area contributed by atoms with E-state index < -0.39 is 11.3 Å². The smallest absolute Gasteiger partial charge is 0.267 e. The van der Waals surface area contributed by atoms with Gasteiger partial charge in [-0.1, -0.05) is 0 Å². The average molecular weight is 330 g/mol. The Balaban J connectivity index is 2.82. The van der Waals surface area contributed by atoms with E-state index in [0.29, 0.717) is 5.69 Å². The van der Waals surface area contributed by atoms with E-state index >= 15 is 0 Å². The predicted molar refractivity (Wildman–Crippen MR) is 77.8 cm³/mol. The van der Waals surface area contributed by atoms with Crippen molar-refractivity contribution in [3.05, 3.63) is 22.4 Å². The summed E-state index contributed by atoms with van der Waals surface area (Å²) in [6.45, 7) is 7.61. The highest BCUT2D eigenvalue weighted by atomic mass is 79.9. The Morgan fingerprint density at radius 3 is 2.53 bits per heavy atom. The molecule has 0 aliphatic carbocycles. The van der Waals surface area contributed by atoms with Gasteiger partial charge < -0.3 is 15.6 Å². The van der Waals surface area contributed by atoms with Gasteiger partial charge in [0.25, 0.3) is 5.91 Å². The number of nitrogens with two attached hydrogens (primary N) is 1. The van der Waals surface area contributed by atoms with Crippen molar-refractivity contribution in [3.63, 3.8) is 0 Å². The Bertz CT molecular complexity index is 492. The topological polar surface area (TPSA) is 77.1 Å². The van der Waals surface area contributed by atoms with Crippen LogP contribution in [0, 0.1) is 5.41 Å². The van der Waals surface area contributed by atoms with Crippen molar-refractivity contribution in [2.45, 2.75) is 33.7 Å². The van der Waals surface area contributed by atoms with Gasteiger partial charge in [0.1, 0.15) is 5.69 Å². The molecule has 0 atom stereocenters. The summed E-state index contributed by atoms with van der Waals surface area (Å²) >= 11 is 3.36. The molecule has 0 spiro atoms. The molecule has 0 bridgehead atoms. The van der Waals surface area contributed by atoms with Gasteiger partial charge in [0.15, 0.2) is 0 Å². The molecule has 1 heterocycles. The van der Waals surface area contributed by atoms with Crippen LogP contribution in [-0.2, 0) is 4.79 Å². The summed E-state index contributed by atoms with van der Waals surface area (Å²) in [6, 6.07) is 1.93. The van der Waals surface area contributed by atoms with Gasteiger partial charge in [-0.05, 0) is 49.7 Å². The van der Waals surface area contributed by atoms with Gasteiger partial charge in [-0.15, -0.1) is 0 Å². The van der Waals surface area contributed by atoms with Crippen molar-refractivity contribution < 1.29 is 9.59 Å². The van der Waals surface area contributed by atoms with Crippen LogP contribution in [0.5, 0.6) is 0 Å². The van der Waals surface area contributed by atoms with Crippen LogP contribution in [0.4, 0.5) is 0 Å². The van der Waals surface area contributed by atoms with E-state index in [0.717, 1.165) is 4.47 Å². The molecule has 0 saturated heterocycles. The second kappa shape index (κ2) is 5.77. The molecule has 1 aromatic heterocycles. The number of carbonyl (C=O) groups is 2. The van der Waals surface area contributed by atoms with Crippen molar-refractivity contribution in [2.75, 3.05) is 6.54 Å². The number of amides is 2. The van der Waals surface area contributed by atoms with E-state index in [-0.39, 0.29) is 18.5 Å². The number of halogens is 1. The first-order valence-electron chi connectivity index (χ1n) is 6.10. The zero-order valence-corrected chi connectivity index (χ0v) is 13.2. The lowest BCUT2D eigenvalue weighted by molar-refractivity contribution is -0.125. The molecule has 2 amide bonds. The number of nitrogens with zero attached hydrogens (tertiary/aromatic N) is 1. The fraction of sp³-hybridized carbons (Fsp3) is 0.538. The van der Waals surface area contributed by atoms with Gasteiger partial charge in [0, 0.05) is 23.3 Å². The Morgan fingerprint density at radius 2 is 2.05 bits per heavy atom. The van der Waals surface area contributed by atoms with Gasteiger partial charge >= 0.3 is 0 Å². The molecule has 0 aromatic carbocycles. The molecule has 0 aliphatic rings. The normalized spacial score (nSPS) is 11.7. The standard InChI is InChI=1S/C13H20BrN3O2/c1-8(2)17-6-9(14)5-10(17)11(18)16-7-13(3,4)12(15)19/h5-6,8H,7H2,1-4H3,(H2,15,19)(H,16,18). The van der Waals surface area contributed by atoms with E-state index in [2.05, 4.69) is 21.2 Å². The number of rotatable bonds is 5. The van der Waals surface area contributed by atoms with Gasteiger partial charge in [-0.2, -0.15) is 0 Å². The predicted octanol–water partition coefficient (Wildman–Crippen LogP) is 2.07. The lowest BCUT2D eigenvalue weighted by atomic mass is 9.93. The third-order valence-electron chi connectivity index (χ3n) is 2.96. The summed E-state index contributed by atoms with van der Waals surface area (Å²) in [4.78, 5) is 23.4. The maximum Gasteiger partial charge on any atom is 0.267 e.